The van der Waals surface area contributed by atoms with Gasteiger partial charge in [0.15, 0.2) is 5.79 Å². The minimum Gasteiger partial charge on any atom is -0.362 e. The minimum atomic E-state index is -2.10. The quantitative estimate of drug-likeness (QED) is 0.217. The summed E-state index contributed by atoms with van der Waals surface area (Å²) in [6.07, 6.45) is 6.06. The second-order valence-corrected chi connectivity index (χ2v) is 10.6. The van der Waals surface area contributed by atoms with Crippen LogP contribution >= 0.6 is 11.6 Å². The smallest absolute Gasteiger partial charge is 0.275 e. The Morgan fingerprint density at radius 1 is 1.33 bits per heavy atom. The first kappa shape index (κ1) is 24.8. The monoisotopic (exact) mass is 514 g/mol. The van der Waals surface area contributed by atoms with E-state index >= 15 is 0 Å². The summed E-state index contributed by atoms with van der Waals surface area (Å²) in [7, 11) is 1.52. The van der Waals surface area contributed by atoms with Gasteiger partial charge >= 0.3 is 0 Å². The summed E-state index contributed by atoms with van der Waals surface area (Å²) in [6, 6.07) is 4.53. The molecule has 2 aliphatic rings. The van der Waals surface area contributed by atoms with Crippen LogP contribution in [0.4, 0.5) is 4.39 Å². The van der Waals surface area contributed by atoms with E-state index < -0.39 is 17.2 Å². The van der Waals surface area contributed by atoms with E-state index in [-0.39, 0.29) is 32.8 Å². The van der Waals surface area contributed by atoms with Gasteiger partial charge in [-0.2, -0.15) is 5.10 Å². The number of benzene rings is 1. The van der Waals surface area contributed by atoms with E-state index in [4.69, 9.17) is 22.4 Å². The molecule has 2 aromatic heterocycles. The molecule has 0 bridgehead atoms. The molecule has 190 valence electrons. The Bertz CT molecular complexity index is 1470. The summed E-state index contributed by atoms with van der Waals surface area (Å²) in [4.78, 5) is 14.8. The zero-order valence-corrected chi connectivity index (χ0v) is 20.6. The Labute approximate surface area is 211 Å². The number of aliphatic hydroxyl groups is 2. The summed E-state index contributed by atoms with van der Waals surface area (Å²) < 4.78 is 16.5. The van der Waals surface area contributed by atoms with Crippen molar-refractivity contribution in [2.24, 2.45) is 18.4 Å². The standard InChI is InChI=1S/C25H28ClFN6O3/c1-31-23(34)22-17(10-30-31)18(4-5-19(22)26)25(35,36)16-8-24(9-16)12-32(13-24)6-2-3-15-7-21(29)33(14-28)11-20(15)27/h4-5,7,10-11,14,16,28-29,35-36H,2-3,6,8-9,12-13H2,1H3. The van der Waals surface area contributed by atoms with Gasteiger partial charge < -0.3 is 15.1 Å². The number of nitrogens with zero attached hydrogens (tertiary/aromatic N) is 4. The molecule has 0 unspecified atom stereocenters. The molecule has 4 N–H and O–H groups in total. The molecule has 11 heteroatoms. The number of aromatic nitrogens is 3. The largest absolute Gasteiger partial charge is 0.362 e. The number of nitrogens with one attached hydrogen (secondary N) is 2. The Morgan fingerprint density at radius 2 is 2.06 bits per heavy atom. The fourth-order valence-electron chi connectivity index (χ4n) is 5.81. The molecule has 3 heterocycles. The average Bonchev–Trinajstić information content (AvgIpc) is 2.78. The van der Waals surface area contributed by atoms with E-state index in [1.54, 1.807) is 6.07 Å². The van der Waals surface area contributed by atoms with Crippen LogP contribution < -0.4 is 11.0 Å². The highest BCUT2D eigenvalue weighted by atomic mass is 35.5. The average molecular weight is 515 g/mol. The van der Waals surface area contributed by atoms with Gasteiger partial charge in [-0.15, -0.1) is 0 Å². The summed E-state index contributed by atoms with van der Waals surface area (Å²) in [5.41, 5.74) is 0.442. The Morgan fingerprint density at radius 3 is 2.75 bits per heavy atom. The van der Waals surface area contributed by atoms with Gasteiger partial charge in [-0.3, -0.25) is 20.2 Å². The van der Waals surface area contributed by atoms with Crippen LogP contribution in [0.1, 0.15) is 30.4 Å². The van der Waals surface area contributed by atoms with E-state index in [0.29, 0.717) is 30.2 Å². The lowest BCUT2D eigenvalue weighted by Gasteiger charge is -2.61. The number of fused-ring (bicyclic) bond motifs is 1. The fourth-order valence-corrected chi connectivity index (χ4v) is 6.05. The molecule has 0 atom stereocenters. The number of likely N-dealkylation sites (tertiary alicyclic amines) is 1. The van der Waals surface area contributed by atoms with Gasteiger partial charge in [0.25, 0.3) is 5.56 Å². The lowest BCUT2D eigenvalue weighted by molar-refractivity contribution is -0.265. The van der Waals surface area contributed by atoms with E-state index in [9.17, 15) is 19.4 Å². The van der Waals surface area contributed by atoms with Gasteiger partial charge in [-0.1, -0.05) is 17.7 Å². The molecule has 5 rings (SSSR count). The number of rotatable bonds is 7. The SMILES string of the molecule is Cn1ncc2c(C(O)(O)C3CC4(C3)CN(CCCc3cc(=N)n(C=N)cc3F)C4)ccc(Cl)c2c1=O. The highest BCUT2D eigenvalue weighted by Crippen LogP contribution is 2.57. The van der Waals surface area contributed by atoms with Gasteiger partial charge in [0.05, 0.1) is 22.9 Å². The number of halogens is 2. The number of aryl methyl sites for hydroxylation is 2. The molecule has 2 fully saturated rings. The first-order chi connectivity index (χ1) is 17.0. The van der Waals surface area contributed by atoms with Gasteiger partial charge in [-0.25, -0.2) is 9.07 Å². The van der Waals surface area contributed by atoms with Crippen molar-refractivity contribution in [2.45, 2.75) is 31.5 Å². The summed E-state index contributed by atoms with van der Waals surface area (Å²) >= 11 is 6.24. The lowest BCUT2D eigenvalue weighted by Crippen LogP contribution is -2.65. The van der Waals surface area contributed by atoms with E-state index in [1.165, 1.54) is 30.1 Å². The van der Waals surface area contributed by atoms with Crippen LogP contribution in [0.2, 0.25) is 5.02 Å². The maximum atomic E-state index is 14.2. The van der Waals surface area contributed by atoms with E-state index in [2.05, 4.69) is 10.00 Å². The van der Waals surface area contributed by atoms with Crippen molar-refractivity contribution in [3.8, 4) is 0 Å². The highest BCUT2D eigenvalue weighted by Gasteiger charge is 2.58. The maximum Gasteiger partial charge on any atom is 0.275 e. The topological polar surface area (TPSA) is 131 Å². The first-order valence-corrected chi connectivity index (χ1v) is 12.2. The molecular weight excluding hydrogens is 487 g/mol. The molecule has 1 aliphatic heterocycles. The minimum absolute atomic E-state index is 0.0415. The molecule has 0 amide bonds. The Balaban J connectivity index is 1.19. The Kier molecular flexibility index (Phi) is 6.11. The predicted molar refractivity (Wildman–Crippen MR) is 132 cm³/mol. The summed E-state index contributed by atoms with van der Waals surface area (Å²) in [5.74, 6) is -2.89. The normalized spacial score (nSPS) is 17.8. The van der Waals surface area contributed by atoms with Crippen LogP contribution in [0.25, 0.3) is 10.8 Å². The lowest BCUT2D eigenvalue weighted by atomic mass is 9.54. The van der Waals surface area contributed by atoms with Crippen LogP contribution in [0.3, 0.4) is 0 Å². The molecule has 1 aromatic carbocycles. The molecule has 1 saturated heterocycles. The first-order valence-electron chi connectivity index (χ1n) is 11.8. The van der Waals surface area contributed by atoms with Crippen LogP contribution in [0, 0.1) is 28.0 Å². The molecule has 36 heavy (non-hydrogen) atoms. The van der Waals surface area contributed by atoms with Crippen molar-refractivity contribution >= 4 is 28.7 Å². The van der Waals surface area contributed by atoms with Crippen molar-refractivity contribution < 1.29 is 14.6 Å². The molecule has 0 radical (unpaired) electrons. The van der Waals surface area contributed by atoms with Crippen molar-refractivity contribution in [1.29, 1.82) is 10.8 Å². The van der Waals surface area contributed by atoms with Crippen molar-refractivity contribution in [3.05, 3.63) is 68.4 Å². The van der Waals surface area contributed by atoms with Crippen molar-refractivity contribution in [2.75, 3.05) is 19.6 Å². The van der Waals surface area contributed by atoms with E-state index in [1.807, 2.05) is 0 Å². The number of pyridine rings is 1. The van der Waals surface area contributed by atoms with Crippen molar-refractivity contribution in [3.63, 3.8) is 0 Å². The third-order valence-corrected chi connectivity index (χ3v) is 8.03. The summed E-state index contributed by atoms with van der Waals surface area (Å²) in [5, 5.41) is 42.1. The zero-order chi connectivity index (χ0) is 25.8. The molecular formula is C25H28ClFN6O3. The van der Waals surface area contributed by atoms with Gasteiger partial charge in [-0.05, 0) is 55.3 Å². The van der Waals surface area contributed by atoms with Crippen LogP contribution in [-0.4, -0.2) is 55.4 Å². The van der Waals surface area contributed by atoms with Crippen LogP contribution in [-0.2, 0) is 19.3 Å². The third kappa shape index (κ3) is 4.07. The molecule has 1 aliphatic carbocycles. The Hall–Kier alpha value is -2.92. The second kappa shape index (κ2) is 8.88. The number of hydrogen-bond acceptors (Lipinski definition) is 7. The van der Waals surface area contributed by atoms with Gasteiger partial charge in [0, 0.05) is 43.2 Å². The third-order valence-electron chi connectivity index (χ3n) is 7.71. The van der Waals surface area contributed by atoms with Gasteiger partial charge in [0.1, 0.15) is 11.3 Å². The van der Waals surface area contributed by atoms with E-state index in [0.717, 1.165) is 43.2 Å². The summed E-state index contributed by atoms with van der Waals surface area (Å²) in [6.45, 7) is 2.48. The second-order valence-electron chi connectivity index (χ2n) is 10.2. The van der Waals surface area contributed by atoms with Gasteiger partial charge in [0.2, 0.25) is 0 Å². The molecule has 1 spiro atoms. The highest BCUT2D eigenvalue weighted by molar-refractivity contribution is 6.35. The molecule has 1 saturated carbocycles. The molecule has 9 nitrogen and oxygen atoms in total. The maximum absolute atomic E-state index is 14.2. The van der Waals surface area contributed by atoms with Crippen molar-refractivity contribution in [1.82, 2.24) is 19.2 Å². The molecule has 3 aromatic rings. The number of hydrogen-bond donors (Lipinski definition) is 4. The fraction of sp³-hybridized carbons (Fsp3) is 0.440. The predicted octanol–water partition coefficient (Wildman–Crippen LogP) is 1.94. The van der Waals surface area contributed by atoms with Crippen LogP contribution in [0.15, 0.2) is 35.4 Å². The zero-order valence-electron chi connectivity index (χ0n) is 19.8. The van der Waals surface area contributed by atoms with Crippen LogP contribution in [0.5, 0.6) is 0 Å².